The molecule has 0 fully saturated rings. The van der Waals surface area contributed by atoms with Crippen LogP contribution in [-0.4, -0.2) is 21.6 Å². The van der Waals surface area contributed by atoms with Gasteiger partial charge in [-0.25, -0.2) is 9.97 Å². The number of benzene rings is 2. The van der Waals surface area contributed by atoms with Crippen LogP contribution in [0.2, 0.25) is 10.0 Å². The standard InChI is InChI=1S/C20H13Cl2N3OS2/c21-14-7-4-8-15(22)18(14)25-17(26)10-27-19-13-9-16(12-5-2-1-3-6-12)28-20(13)24-11-23-19/h1-9,11H,10H2,(H,25,26). The Balaban J connectivity index is 1.52. The largest absolute Gasteiger partial charge is 0.323 e. The topological polar surface area (TPSA) is 54.9 Å². The highest BCUT2D eigenvalue weighted by atomic mass is 35.5. The van der Waals surface area contributed by atoms with E-state index in [-0.39, 0.29) is 11.7 Å². The average molecular weight is 446 g/mol. The summed E-state index contributed by atoms with van der Waals surface area (Å²) in [5.74, 6) is -0.0187. The predicted molar refractivity (Wildman–Crippen MR) is 119 cm³/mol. The van der Waals surface area contributed by atoms with Crippen LogP contribution < -0.4 is 5.32 Å². The molecule has 2 aromatic carbocycles. The third-order valence-corrected chi connectivity index (χ3v) is 6.65. The summed E-state index contributed by atoms with van der Waals surface area (Å²) in [5, 5.41) is 5.28. The summed E-state index contributed by atoms with van der Waals surface area (Å²) in [6.45, 7) is 0. The number of nitrogens with zero attached hydrogens (tertiary/aromatic N) is 2. The van der Waals surface area contributed by atoms with E-state index in [0.29, 0.717) is 15.7 Å². The number of anilines is 1. The van der Waals surface area contributed by atoms with Crippen LogP contribution in [-0.2, 0) is 4.79 Å². The first-order chi connectivity index (χ1) is 13.6. The second-order valence-corrected chi connectivity index (χ2v) is 8.62. The Morgan fingerprint density at radius 3 is 2.54 bits per heavy atom. The molecule has 1 amide bonds. The van der Waals surface area contributed by atoms with Gasteiger partial charge in [0.05, 0.1) is 21.5 Å². The third-order valence-electron chi connectivity index (χ3n) is 3.92. The minimum atomic E-state index is -0.203. The Hall–Kier alpha value is -2.12. The molecule has 0 saturated carbocycles. The number of thioether (sulfide) groups is 1. The number of amides is 1. The minimum Gasteiger partial charge on any atom is -0.323 e. The van der Waals surface area contributed by atoms with Gasteiger partial charge in [0.15, 0.2) is 0 Å². The van der Waals surface area contributed by atoms with Crippen LogP contribution >= 0.6 is 46.3 Å². The van der Waals surface area contributed by atoms with Crippen molar-refractivity contribution in [2.75, 3.05) is 11.1 Å². The number of thiophene rings is 1. The van der Waals surface area contributed by atoms with E-state index < -0.39 is 0 Å². The molecule has 0 aliphatic rings. The summed E-state index contributed by atoms with van der Waals surface area (Å²) in [5.41, 5.74) is 1.55. The van der Waals surface area contributed by atoms with Gasteiger partial charge in [0.25, 0.3) is 0 Å². The molecule has 0 atom stereocenters. The van der Waals surface area contributed by atoms with Gasteiger partial charge in [-0.1, -0.05) is 71.4 Å². The lowest BCUT2D eigenvalue weighted by atomic mass is 10.2. The SMILES string of the molecule is O=C(CSc1ncnc2sc(-c3ccccc3)cc12)Nc1c(Cl)cccc1Cl. The van der Waals surface area contributed by atoms with Crippen LogP contribution in [0.3, 0.4) is 0 Å². The van der Waals surface area contributed by atoms with Crippen molar-refractivity contribution in [3.8, 4) is 10.4 Å². The van der Waals surface area contributed by atoms with Crippen molar-refractivity contribution in [3.05, 3.63) is 71.0 Å². The van der Waals surface area contributed by atoms with E-state index in [1.807, 2.05) is 18.2 Å². The zero-order chi connectivity index (χ0) is 19.5. The first kappa shape index (κ1) is 19.2. The van der Waals surface area contributed by atoms with Crippen molar-refractivity contribution in [2.24, 2.45) is 0 Å². The van der Waals surface area contributed by atoms with Gasteiger partial charge in [0, 0.05) is 10.3 Å². The zero-order valence-electron chi connectivity index (χ0n) is 14.4. The second-order valence-electron chi connectivity index (χ2n) is 5.81. The summed E-state index contributed by atoms with van der Waals surface area (Å²) in [6.07, 6.45) is 1.53. The number of carbonyl (C=O) groups is 1. The summed E-state index contributed by atoms with van der Waals surface area (Å²) in [4.78, 5) is 23.1. The maximum Gasteiger partial charge on any atom is 0.234 e. The van der Waals surface area contributed by atoms with Crippen molar-refractivity contribution in [1.82, 2.24) is 9.97 Å². The molecule has 4 nitrogen and oxygen atoms in total. The first-order valence-electron chi connectivity index (χ1n) is 8.28. The maximum atomic E-state index is 12.4. The fourth-order valence-corrected chi connectivity index (χ4v) is 4.95. The van der Waals surface area contributed by atoms with Crippen LogP contribution in [0.5, 0.6) is 0 Å². The van der Waals surface area contributed by atoms with Crippen LogP contribution in [0, 0.1) is 0 Å². The molecular formula is C20H13Cl2N3OS2. The lowest BCUT2D eigenvalue weighted by molar-refractivity contribution is -0.113. The molecule has 0 radical (unpaired) electrons. The molecule has 28 heavy (non-hydrogen) atoms. The molecule has 0 aliphatic heterocycles. The van der Waals surface area contributed by atoms with Gasteiger partial charge < -0.3 is 5.32 Å². The lowest BCUT2D eigenvalue weighted by Gasteiger charge is -2.08. The molecule has 2 aromatic heterocycles. The van der Waals surface area contributed by atoms with Gasteiger partial charge in [-0.15, -0.1) is 11.3 Å². The highest BCUT2D eigenvalue weighted by Crippen LogP contribution is 2.36. The maximum absolute atomic E-state index is 12.4. The van der Waals surface area contributed by atoms with E-state index in [4.69, 9.17) is 23.2 Å². The van der Waals surface area contributed by atoms with E-state index in [1.54, 1.807) is 29.5 Å². The molecule has 0 unspecified atom stereocenters. The molecule has 1 N–H and O–H groups in total. The van der Waals surface area contributed by atoms with Crippen LogP contribution in [0.15, 0.2) is 66.0 Å². The minimum absolute atomic E-state index is 0.185. The molecule has 0 saturated heterocycles. The molecule has 0 spiro atoms. The number of fused-ring (bicyclic) bond motifs is 1. The fourth-order valence-electron chi connectivity index (χ4n) is 2.62. The molecule has 0 aliphatic carbocycles. The second kappa shape index (κ2) is 8.49. The van der Waals surface area contributed by atoms with Gasteiger partial charge in [-0.05, 0) is 23.8 Å². The number of rotatable bonds is 5. The van der Waals surface area contributed by atoms with Gasteiger partial charge in [-0.2, -0.15) is 0 Å². The molecule has 140 valence electrons. The summed E-state index contributed by atoms with van der Waals surface area (Å²) in [7, 11) is 0. The van der Waals surface area contributed by atoms with Gasteiger partial charge in [0.2, 0.25) is 5.91 Å². The Morgan fingerprint density at radius 2 is 1.79 bits per heavy atom. The van der Waals surface area contributed by atoms with E-state index in [9.17, 15) is 4.79 Å². The van der Waals surface area contributed by atoms with E-state index in [0.717, 1.165) is 25.7 Å². The van der Waals surface area contributed by atoms with Crippen LogP contribution in [0.25, 0.3) is 20.7 Å². The van der Waals surface area contributed by atoms with Gasteiger partial charge in [-0.3, -0.25) is 4.79 Å². The molecule has 4 rings (SSSR count). The van der Waals surface area contributed by atoms with Crippen molar-refractivity contribution < 1.29 is 4.79 Å². The number of hydrogen-bond donors (Lipinski definition) is 1. The van der Waals surface area contributed by atoms with Gasteiger partial charge in [0.1, 0.15) is 16.2 Å². The number of halogens is 2. The van der Waals surface area contributed by atoms with Crippen molar-refractivity contribution in [1.29, 1.82) is 0 Å². The van der Waals surface area contributed by atoms with Crippen molar-refractivity contribution in [3.63, 3.8) is 0 Å². The smallest absolute Gasteiger partial charge is 0.234 e. The molecular weight excluding hydrogens is 433 g/mol. The zero-order valence-corrected chi connectivity index (χ0v) is 17.5. The van der Waals surface area contributed by atoms with Crippen LogP contribution in [0.1, 0.15) is 0 Å². The number of hydrogen-bond acceptors (Lipinski definition) is 5. The highest BCUT2D eigenvalue weighted by molar-refractivity contribution is 8.00. The summed E-state index contributed by atoms with van der Waals surface area (Å²) < 4.78 is 0. The average Bonchev–Trinajstić information content (AvgIpc) is 3.15. The van der Waals surface area contributed by atoms with E-state index >= 15 is 0 Å². The molecule has 4 aromatic rings. The molecule has 2 heterocycles. The van der Waals surface area contributed by atoms with Crippen molar-refractivity contribution >= 4 is 68.1 Å². The fraction of sp³-hybridized carbons (Fsp3) is 0.0500. The number of aromatic nitrogens is 2. The molecule has 0 bridgehead atoms. The van der Waals surface area contributed by atoms with E-state index in [2.05, 4.69) is 33.5 Å². The Kier molecular flexibility index (Phi) is 5.82. The normalized spacial score (nSPS) is 10.9. The predicted octanol–water partition coefficient (Wildman–Crippen LogP) is 6.40. The van der Waals surface area contributed by atoms with E-state index in [1.165, 1.54) is 18.1 Å². The Labute approximate surface area is 179 Å². The number of carbonyl (C=O) groups excluding carboxylic acids is 1. The first-order valence-corrected chi connectivity index (χ1v) is 10.8. The quantitative estimate of drug-likeness (QED) is 0.285. The molecule has 8 heteroatoms. The van der Waals surface area contributed by atoms with Gasteiger partial charge >= 0.3 is 0 Å². The summed E-state index contributed by atoms with van der Waals surface area (Å²) in [6, 6.07) is 17.3. The van der Waals surface area contributed by atoms with Crippen LogP contribution in [0.4, 0.5) is 5.69 Å². The Bertz CT molecular complexity index is 1130. The number of nitrogens with one attached hydrogen (secondary N) is 1. The third kappa shape index (κ3) is 4.15. The summed E-state index contributed by atoms with van der Waals surface area (Å²) >= 11 is 15.2. The Morgan fingerprint density at radius 1 is 1.04 bits per heavy atom. The monoisotopic (exact) mass is 445 g/mol. The van der Waals surface area contributed by atoms with Crippen molar-refractivity contribution in [2.45, 2.75) is 5.03 Å². The lowest BCUT2D eigenvalue weighted by Crippen LogP contribution is -2.14. The highest BCUT2D eigenvalue weighted by Gasteiger charge is 2.14. The number of para-hydroxylation sites is 1.